The Hall–Kier alpha value is -0.530. The molecule has 0 aromatic carbocycles. The number of hydrogen-bond acceptors (Lipinski definition) is 1. The zero-order valence-electron chi connectivity index (χ0n) is 23.0. The standard InChI is InChI=1S/C31H62O2/c1-3-5-7-9-11-12-13-14-15-16-17-18-19-20-21-23-25-27-29-30(31(32)33)28-26-24-22-10-8-6-4-2/h30H,3-29H2,1-2H3,(H,32,33). The Bertz CT molecular complexity index is 379. The van der Waals surface area contributed by atoms with Crippen molar-refractivity contribution in [2.45, 2.75) is 187 Å². The molecule has 1 unspecified atom stereocenters. The fraction of sp³-hybridized carbons (Fsp3) is 0.968. The molecule has 2 heteroatoms. The molecule has 0 fully saturated rings. The summed E-state index contributed by atoms with van der Waals surface area (Å²) in [5.41, 5.74) is 0. The van der Waals surface area contributed by atoms with Gasteiger partial charge >= 0.3 is 5.97 Å². The van der Waals surface area contributed by atoms with E-state index in [4.69, 9.17) is 0 Å². The van der Waals surface area contributed by atoms with Crippen LogP contribution in [0, 0.1) is 5.92 Å². The minimum Gasteiger partial charge on any atom is -0.481 e. The van der Waals surface area contributed by atoms with Crippen LogP contribution in [0.3, 0.4) is 0 Å². The van der Waals surface area contributed by atoms with Crippen LogP contribution in [-0.2, 0) is 4.79 Å². The van der Waals surface area contributed by atoms with Crippen LogP contribution in [0.1, 0.15) is 187 Å². The lowest BCUT2D eigenvalue weighted by Gasteiger charge is -2.12. The van der Waals surface area contributed by atoms with Crippen LogP contribution in [0.5, 0.6) is 0 Å². The summed E-state index contributed by atoms with van der Waals surface area (Å²) >= 11 is 0. The second-order valence-electron chi connectivity index (χ2n) is 10.7. The Morgan fingerprint density at radius 1 is 0.424 bits per heavy atom. The third-order valence-electron chi connectivity index (χ3n) is 7.41. The van der Waals surface area contributed by atoms with E-state index in [0.29, 0.717) is 0 Å². The van der Waals surface area contributed by atoms with Gasteiger partial charge in [-0.05, 0) is 12.8 Å². The van der Waals surface area contributed by atoms with Gasteiger partial charge in [0, 0.05) is 0 Å². The van der Waals surface area contributed by atoms with Gasteiger partial charge in [-0.2, -0.15) is 0 Å². The van der Waals surface area contributed by atoms with Gasteiger partial charge in [-0.15, -0.1) is 0 Å². The van der Waals surface area contributed by atoms with Crippen molar-refractivity contribution < 1.29 is 9.90 Å². The maximum atomic E-state index is 11.5. The molecule has 33 heavy (non-hydrogen) atoms. The summed E-state index contributed by atoms with van der Waals surface area (Å²) in [4.78, 5) is 11.5. The fourth-order valence-corrected chi connectivity index (χ4v) is 5.03. The normalized spacial score (nSPS) is 12.3. The van der Waals surface area contributed by atoms with Crippen molar-refractivity contribution in [3.05, 3.63) is 0 Å². The van der Waals surface area contributed by atoms with E-state index in [9.17, 15) is 9.90 Å². The molecule has 0 saturated carbocycles. The minimum absolute atomic E-state index is 0.0956. The number of carboxylic acids is 1. The first-order chi connectivity index (χ1) is 16.2. The Balaban J connectivity index is 3.33. The number of hydrogen-bond donors (Lipinski definition) is 1. The van der Waals surface area contributed by atoms with Crippen LogP contribution in [0.15, 0.2) is 0 Å². The minimum atomic E-state index is -0.562. The van der Waals surface area contributed by atoms with Crippen molar-refractivity contribution in [3.63, 3.8) is 0 Å². The average molecular weight is 467 g/mol. The van der Waals surface area contributed by atoms with E-state index in [1.807, 2.05) is 0 Å². The molecule has 0 aromatic heterocycles. The molecule has 0 amide bonds. The van der Waals surface area contributed by atoms with Gasteiger partial charge in [0.2, 0.25) is 0 Å². The second kappa shape index (κ2) is 27.7. The van der Waals surface area contributed by atoms with Gasteiger partial charge in [0.25, 0.3) is 0 Å². The highest BCUT2D eigenvalue weighted by molar-refractivity contribution is 5.69. The van der Waals surface area contributed by atoms with E-state index in [-0.39, 0.29) is 5.92 Å². The highest BCUT2D eigenvalue weighted by atomic mass is 16.4. The monoisotopic (exact) mass is 466 g/mol. The van der Waals surface area contributed by atoms with Crippen molar-refractivity contribution in [2.24, 2.45) is 5.92 Å². The topological polar surface area (TPSA) is 37.3 Å². The molecule has 198 valence electrons. The van der Waals surface area contributed by atoms with Crippen molar-refractivity contribution >= 4 is 5.97 Å². The Labute approximate surface area is 209 Å². The number of unbranched alkanes of at least 4 members (excludes halogenated alkanes) is 23. The molecule has 0 radical (unpaired) electrons. The van der Waals surface area contributed by atoms with Crippen LogP contribution in [0.2, 0.25) is 0 Å². The number of rotatable bonds is 28. The SMILES string of the molecule is CCCCCCCCCCCCCCCCCCCCC(CCCCCCCCC)C(=O)O. The summed E-state index contributed by atoms with van der Waals surface area (Å²) < 4.78 is 0. The molecule has 0 rings (SSSR count). The lowest BCUT2D eigenvalue weighted by Crippen LogP contribution is -2.13. The molecule has 0 bridgehead atoms. The van der Waals surface area contributed by atoms with Crippen molar-refractivity contribution in [1.29, 1.82) is 0 Å². The van der Waals surface area contributed by atoms with Gasteiger partial charge in [-0.25, -0.2) is 0 Å². The predicted octanol–water partition coefficient (Wildman–Crippen LogP) is 11.3. The number of aliphatic carboxylic acids is 1. The predicted molar refractivity (Wildman–Crippen MR) is 147 cm³/mol. The zero-order valence-corrected chi connectivity index (χ0v) is 23.0. The maximum Gasteiger partial charge on any atom is 0.306 e. The van der Waals surface area contributed by atoms with E-state index in [1.54, 1.807) is 0 Å². The van der Waals surface area contributed by atoms with Crippen LogP contribution < -0.4 is 0 Å². The molecule has 1 N–H and O–H groups in total. The van der Waals surface area contributed by atoms with Crippen LogP contribution in [0.4, 0.5) is 0 Å². The summed E-state index contributed by atoms with van der Waals surface area (Å²) in [6.45, 7) is 4.54. The first-order valence-corrected chi connectivity index (χ1v) is 15.4. The largest absolute Gasteiger partial charge is 0.481 e. The Morgan fingerprint density at radius 3 is 0.848 bits per heavy atom. The number of carbonyl (C=O) groups is 1. The highest BCUT2D eigenvalue weighted by Crippen LogP contribution is 2.20. The first-order valence-electron chi connectivity index (χ1n) is 15.4. The molecule has 0 heterocycles. The van der Waals surface area contributed by atoms with Crippen LogP contribution >= 0.6 is 0 Å². The van der Waals surface area contributed by atoms with Crippen LogP contribution in [-0.4, -0.2) is 11.1 Å². The number of carboxylic acid groups (broad SMARTS) is 1. The summed E-state index contributed by atoms with van der Waals surface area (Å²) in [5, 5.41) is 9.49. The van der Waals surface area contributed by atoms with Gasteiger partial charge < -0.3 is 5.11 Å². The first kappa shape index (κ1) is 32.5. The summed E-state index contributed by atoms with van der Waals surface area (Å²) in [5.74, 6) is -0.658. The molecular formula is C31H62O2. The molecule has 2 nitrogen and oxygen atoms in total. The molecule has 0 aliphatic heterocycles. The molecule has 0 aliphatic carbocycles. The quantitative estimate of drug-likeness (QED) is 0.116. The lowest BCUT2D eigenvalue weighted by molar-refractivity contribution is -0.142. The van der Waals surface area contributed by atoms with E-state index in [2.05, 4.69) is 13.8 Å². The van der Waals surface area contributed by atoms with Crippen molar-refractivity contribution in [1.82, 2.24) is 0 Å². The fourth-order valence-electron chi connectivity index (χ4n) is 5.03. The second-order valence-corrected chi connectivity index (χ2v) is 10.7. The lowest BCUT2D eigenvalue weighted by atomic mass is 9.94. The van der Waals surface area contributed by atoms with Crippen molar-refractivity contribution in [3.8, 4) is 0 Å². The molecular weight excluding hydrogens is 404 g/mol. The van der Waals surface area contributed by atoms with E-state index >= 15 is 0 Å². The highest BCUT2D eigenvalue weighted by Gasteiger charge is 2.16. The third-order valence-corrected chi connectivity index (χ3v) is 7.41. The molecule has 1 atom stereocenters. The van der Waals surface area contributed by atoms with Crippen molar-refractivity contribution in [2.75, 3.05) is 0 Å². The maximum absolute atomic E-state index is 11.5. The van der Waals surface area contributed by atoms with Gasteiger partial charge in [-0.3, -0.25) is 4.79 Å². The molecule has 0 aromatic rings. The van der Waals surface area contributed by atoms with E-state index < -0.39 is 5.97 Å². The summed E-state index contributed by atoms with van der Waals surface area (Å²) in [7, 11) is 0. The zero-order chi connectivity index (χ0) is 24.2. The van der Waals surface area contributed by atoms with Crippen LogP contribution in [0.25, 0.3) is 0 Å². The Kier molecular flexibility index (Phi) is 27.3. The van der Waals surface area contributed by atoms with Gasteiger partial charge in [0.1, 0.15) is 0 Å². The smallest absolute Gasteiger partial charge is 0.306 e. The van der Waals surface area contributed by atoms with E-state index in [0.717, 1.165) is 25.7 Å². The summed E-state index contributed by atoms with van der Waals surface area (Å²) in [6, 6.07) is 0. The molecule has 0 saturated heterocycles. The molecule has 0 aliphatic rings. The summed E-state index contributed by atoms with van der Waals surface area (Å²) in [6.07, 6.45) is 35.6. The third kappa shape index (κ3) is 25.9. The molecule has 0 spiro atoms. The van der Waals surface area contributed by atoms with E-state index in [1.165, 1.54) is 148 Å². The van der Waals surface area contributed by atoms with Gasteiger partial charge in [0.05, 0.1) is 5.92 Å². The van der Waals surface area contributed by atoms with Gasteiger partial charge in [-0.1, -0.05) is 174 Å². The Morgan fingerprint density at radius 2 is 0.636 bits per heavy atom. The van der Waals surface area contributed by atoms with Gasteiger partial charge in [0.15, 0.2) is 0 Å². The average Bonchev–Trinajstić information content (AvgIpc) is 2.81.